The van der Waals surface area contributed by atoms with E-state index in [2.05, 4.69) is 26.5 Å². The van der Waals surface area contributed by atoms with Gasteiger partial charge in [-0.2, -0.15) is 10.5 Å². The Balaban J connectivity index is 4.67. The lowest BCUT2D eigenvalue weighted by molar-refractivity contribution is -0.123. The van der Waals surface area contributed by atoms with Crippen molar-refractivity contribution in [3.05, 3.63) is 12.2 Å². The van der Waals surface area contributed by atoms with E-state index in [0.29, 0.717) is 12.8 Å². The fraction of sp³-hybridized carbons (Fsp3) is 0.769. The van der Waals surface area contributed by atoms with Crippen LogP contribution < -0.4 is 0 Å². The quantitative estimate of drug-likeness (QED) is 0.154. The highest BCUT2D eigenvalue weighted by molar-refractivity contribution is 5.83. The summed E-state index contributed by atoms with van der Waals surface area (Å²) in [5, 5.41) is 19.0. The lowest BCUT2D eigenvalue weighted by Crippen LogP contribution is -2.27. The molecule has 0 aromatic rings. The van der Waals surface area contributed by atoms with Crippen LogP contribution >= 0.6 is 0 Å². The molecule has 0 radical (unpaired) electrons. The first-order valence-corrected chi connectivity index (χ1v) is 12.0. The zero-order chi connectivity index (χ0) is 22.7. The minimum Gasteiger partial charge on any atom is -0.300 e. The van der Waals surface area contributed by atoms with Gasteiger partial charge in [0.25, 0.3) is 0 Å². The van der Waals surface area contributed by atoms with Crippen molar-refractivity contribution in [2.75, 3.05) is 0 Å². The van der Waals surface area contributed by atoms with Gasteiger partial charge in [0, 0.05) is 37.7 Å². The molecule has 0 rings (SSSR count). The Kier molecular flexibility index (Phi) is 16.7. The van der Waals surface area contributed by atoms with E-state index >= 15 is 0 Å². The molecule has 30 heavy (non-hydrogen) atoms. The van der Waals surface area contributed by atoms with Gasteiger partial charge in [0.2, 0.25) is 0 Å². The van der Waals surface area contributed by atoms with Crippen molar-refractivity contribution >= 4 is 11.6 Å². The van der Waals surface area contributed by atoms with Crippen LogP contribution in [0.15, 0.2) is 12.2 Å². The van der Waals surface area contributed by atoms with Gasteiger partial charge in [-0.15, -0.1) is 0 Å². The number of nitrogens with zero attached hydrogens (tertiary/aromatic N) is 2. The fourth-order valence-electron chi connectivity index (χ4n) is 3.89. The lowest BCUT2D eigenvalue weighted by Gasteiger charge is -2.25. The van der Waals surface area contributed by atoms with E-state index in [4.69, 9.17) is 5.26 Å². The van der Waals surface area contributed by atoms with Crippen molar-refractivity contribution in [2.45, 2.75) is 123 Å². The zero-order valence-corrected chi connectivity index (χ0v) is 19.4. The molecule has 0 aromatic heterocycles. The van der Waals surface area contributed by atoms with E-state index in [1.807, 2.05) is 6.07 Å². The average molecular weight is 415 g/mol. The molecule has 0 N–H and O–H groups in total. The molecular weight excluding hydrogens is 372 g/mol. The molecule has 0 atom stereocenters. The summed E-state index contributed by atoms with van der Waals surface area (Å²) in [6, 6.07) is 4.20. The molecule has 0 saturated heterocycles. The Bertz CT molecular complexity index is 565. The summed E-state index contributed by atoms with van der Waals surface area (Å²) in [6.45, 7) is 8.04. The van der Waals surface area contributed by atoms with Gasteiger partial charge in [-0.05, 0) is 12.8 Å². The van der Waals surface area contributed by atoms with Gasteiger partial charge in [0.1, 0.15) is 11.6 Å². The van der Waals surface area contributed by atoms with Crippen LogP contribution in [0.25, 0.3) is 0 Å². The van der Waals surface area contributed by atoms with E-state index in [9.17, 15) is 14.9 Å². The highest BCUT2D eigenvalue weighted by Crippen LogP contribution is 2.35. The molecule has 0 aliphatic carbocycles. The van der Waals surface area contributed by atoms with Gasteiger partial charge in [-0.25, -0.2) is 0 Å². The number of nitriles is 2. The van der Waals surface area contributed by atoms with E-state index in [1.54, 1.807) is 0 Å². The van der Waals surface area contributed by atoms with Gasteiger partial charge in [0.15, 0.2) is 0 Å². The molecule has 0 fully saturated rings. The number of allylic oxidation sites excluding steroid dienone is 1. The normalized spacial score (nSPS) is 10.9. The van der Waals surface area contributed by atoms with Crippen molar-refractivity contribution in [3.63, 3.8) is 0 Å². The molecule has 0 aromatic carbocycles. The molecule has 0 unspecified atom stereocenters. The fourth-order valence-corrected chi connectivity index (χ4v) is 3.89. The molecule has 0 amide bonds. The third kappa shape index (κ3) is 14.1. The summed E-state index contributed by atoms with van der Waals surface area (Å²) in [7, 11) is 0. The SMILES string of the molecule is C=C(C#N)CC(C#N)(CC(=O)CCCCCCCC)CC(=O)CCCCCCCC. The highest BCUT2D eigenvalue weighted by atomic mass is 16.1. The number of unbranched alkanes of at least 4 members (excludes halogenated alkanes) is 10. The Labute approximate surface area is 184 Å². The van der Waals surface area contributed by atoms with Gasteiger partial charge in [-0.1, -0.05) is 84.6 Å². The van der Waals surface area contributed by atoms with Gasteiger partial charge in [-0.3, -0.25) is 9.59 Å². The minimum atomic E-state index is -1.12. The van der Waals surface area contributed by atoms with Gasteiger partial charge < -0.3 is 0 Å². The number of Topliss-reactive ketones (excluding diaryl/α,β-unsaturated/α-hetero) is 2. The molecule has 0 aliphatic heterocycles. The third-order valence-corrected chi connectivity index (χ3v) is 5.64. The monoisotopic (exact) mass is 414 g/mol. The number of hydrogen-bond acceptors (Lipinski definition) is 4. The number of carbonyl (C=O) groups is 2. The summed E-state index contributed by atoms with van der Waals surface area (Å²) in [5.41, 5.74) is -0.859. The second-order valence-electron chi connectivity index (χ2n) is 8.75. The molecule has 0 saturated carbocycles. The second-order valence-corrected chi connectivity index (χ2v) is 8.75. The first kappa shape index (κ1) is 28.1. The van der Waals surface area contributed by atoms with E-state index in [1.165, 1.54) is 38.5 Å². The van der Waals surface area contributed by atoms with Crippen LogP contribution in [-0.4, -0.2) is 11.6 Å². The highest BCUT2D eigenvalue weighted by Gasteiger charge is 2.35. The maximum Gasteiger partial charge on any atom is 0.134 e. The molecule has 4 heteroatoms. The smallest absolute Gasteiger partial charge is 0.134 e. The maximum absolute atomic E-state index is 12.5. The van der Waals surface area contributed by atoms with E-state index in [0.717, 1.165) is 38.5 Å². The molecule has 4 nitrogen and oxygen atoms in total. The standard InChI is InChI=1S/C26H42N2O2/c1-4-6-8-10-12-14-16-24(29)19-26(22-28,18-23(3)21-27)20-25(30)17-15-13-11-9-7-5-2/h3-20H2,1-2H3. The molecule has 0 aliphatic rings. The van der Waals surface area contributed by atoms with Crippen LogP contribution in [0.5, 0.6) is 0 Å². The Morgan fingerprint density at radius 2 is 1.10 bits per heavy atom. The molecule has 168 valence electrons. The molecule has 0 bridgehead atoms. The lowest BCUT2D eigenvalue weighted by atomic mass is 9.74. The predicted molar refractivity (Wildman–Crippen MR) is 123 cm³/mol. The van der Waals surface area contributed by atoms with Crippen molar-refractivity contribution in [1.82, 2.24) is 0 Å². The third-order valence-electron chi connectivity index (χ3n) is 5.64. The first-order chi connectivity index (χ1) is 14.4. The van der Waals surface area contributed by atoms with E-state index < -0.39 is 5.41 Å². The van der Waals surface area contributed by atoms with Gasteiger partial charge in [0.05, 0.1) is 17.6 Å². The van der Waals surface area contributed by atoms with E-state index in [-0.39, 0.29) is 36.4 Å². The first-order valence-electron chi connectivity index (χ1n) is 12.0. The number of carbonyl (C=O) groups excluding carboxylic acids is 2. The molecule has 0 spiro atoms. The van der Waals surface area contributed by atoms with Crippen molar-refractivity contribution in [3.8, 4) is 12.1 Å². The summed E-state index contributed by atoms with van der Waals surface area (Å²) >= 11 is 0. The Morgan fingerprint density at radius 3 is 1.47 bits per heavy atom. The number of hydrogen-bond donors (Lipinski definition) is 0. The maximum atomic E-state index is 12.5. The van der Waals surface area contributed by atoms with Crippen molar-refractivity contribution in [1.29, 1.82) is 10.5 Å². The minimum absolute atomic E-state index is 0.0187. The van der Waals surface area contributed by atoms with Crippen LogP contribution in [0.3, 0.4) is 0 Å². The summed E-state index contributed by atoms with van der Waals surface area (Å²) in [4.78, 5) is 25.1. The molecular formula is C26H42N2O2. The summed E-state index contributed by atoms with van der Waals surface area (Å²) in [5.74, 6) is 0.0373. The summed E-state index contributed by atoms with van der Waals surface area (Å²) < 4.78 is 0. The number of ketones is 2. The molecule has 0 heterocycles. The van der Waals surface area contributed by atoms with Crippen molar-refractivity contribution < 1.29 is 9.59 Å². The van der Waals surface area contributed by atoms with Crippen LogP contribution in [0.1, 0.15) is 123 Å². The topological polar surface area (TPSA) is 81.7 Å². The summed E-state index contributed by atoms with van der Waals surface area (Å²) in [6.07, 6.45) is 14.3. The van der Waals surface area contributed by atoms with Gasteiger partial charge >= 0.3 is 0 Å². The Morgan fingerprint density at radius 1 is 0.700 bits per heavy atom. The second kappa shape index (κ2) is 17.9. The van der Waals surface area contributed by atoms with Crippen LogP contribution in [0, 0.1) is 28.1 Å². The zero-order valence-electron chi connectivity index (χ0n) is 19.4. The Hall–Kier alpha value is -1.94. The predicted octanol–water partition coefficient (Wildman–Crippen LogP) is 7.39. The van der Waals surface area contributed by atoms with Crippen LogP contribution in [0.4, 0.5) is 0 Å². The van der Waals surface area contributed by atoms with Crippen LogP contribution in [-0.2, 0) is 9.59 Å². The largest absolute Gasteiger partial charge is 0.300 e. The van der Waals surface area contributed by atoms with Crippen molar-refractivity contribution in [2.24, 2.45) is 5.41 Å². The van der Waals surface area contributed by atoms with Crippen LogP contribution in [0.2, 0.25) is 0 Å². The number of rotatable bonds is 20. The average Bonchev–Trinajstić information content (AvgIpc) is 2.72.